The lowest BCUT2D eigenvalue weighted by Gasteiger charge is -2.04. The predicted octanol–water partition coefficient (Wildman–Crippen LogP) is 0.144. The van der Waals surface area contributed by atoms with Crippen LogP contribution in [0.2, 0.25) is 0 Å². The Hall–Kier alpha value is -2.44. The molecular weight excluding hydrogens is 232 g/mol. The van der Waals surface area contributed by atoms with Gasteiger partial charge in [0, 0.05) is 24.8 Å². The lowest BCUT2D eigenvalue weighted by Crippen LogP contribution is -2.25. The molecule has 0 aromatic carbocycles. The van der Waals surface area contributed by atoms with Gasteiger partial charge in [0.25, 0.3) is 5.91 Å². The molecule has 0 unspecified atom stereocenters. The zero-order valence-electron chi connectivity index (χ0n) is 9.76. The van der Waals surface area contributed by atoms with Gasteiger partial charge in [-0.25, -0.2) is 4.98 Å². The maximum Gasteiger partial charge on any atom is 0.269 e. The maximum absolute atomic E-state index is 11.7. The number of carbonyl (C=O) groups excluding carboxylic acids is 1. The largest absolute Gasteiger partial charge is 0.399 e. The Bertz CT molecular complexity index is 510. The Morgan fingerprint density at radius 1 is 1.44 bits per heavy atom. The number of anilines is 1. The lowest BCUT2D eigenvalue weighted by atomic mass is 10.2. The van der Waals surface area contributed by atoms with Crippen molar-refractivity contribution >= 4 is 11.6 Å². The molecule has 0 aliphatic carbocycles. The summed E-state index contributed by atoms with van der Waals surface area (Å²) < 4.78 is 0. The van der Waals surface area contributed by atoms with Gasteiger partial charge in [-0.3, -0.25) is 14.9 Å². The molecule has 2 heterocycles. The molecule has 0 bridgehead atoms. The van der Waals surface area contributed by atoms with E-state index in [1.54, 1.807) is 12.1 Å². The number of aromatic amines is 1. The van der Waals surface area contributed by atoms with Crippen LogP contribution in [0.3, 0.4) is 0 Å². The molecule has 7 nitrogen and oxygen atoms in total. The van der Waals surface area contributed by atoms with Crippen molar-refractivity contribution in [1.29, 1.82) is 0 Å². The smallest absolute Gasteiger partial charge is 0.269 e. The highest BCUT2D eigenvalue weighted by Crippen LogP contribution is 2.02. The number of aromatic nitrogens is 4. The minimum absolute atomic E-state index is 0.222. The summed E-state index contributed by atoms with van der Waals surface area (Å²) in [5.41, 5.74) is 6.43. The summed E-state index contributed by atoms with van der Waals surface area (Å²) >= 11 is 0. The van der Waals surface area contributed by atoms with Gasteiger partial charge in [-0.1, -0.05) is 0 Å². The standard InChI is InChI=1S/C11H14N6O/c12-8-3-5-13-9(6-8)11(18)14-4-1-2-10-15-7-16-17-10/h3,5-7H,1-2,4H2,(H2,12,13)(H,14,18)(H,15,16,17). The molecule has 2 aromatic heterocycles. The van der Waals surface area contributed by atoms with Gasteiger partial charge in [-0.05, 0) is 18.6 Å². The highest BCUT2D eigenvalue weighted by molar-refractivity contribution is 5.92. The fourth-order valence-corrected chi connectivity index (χ4v) is 1.47. The van der Waals surface area contributed by atoms with Crippen molar-refractivity contribution in [1.82, 2.24) is 25.5 Å². The molecular formula is C11H14N6O. The van der Waals surface area contributed by atoms with Crippen molar-refractivity contribution in [2.75, 3.05) is 12.3 Å². The molecule has 0 atom stereocenters. The molecule has 0 aliphatic heterocycles. The number of nitrogens with zero attached hydrogens (tertiary/aromatic N) is 3. The van der Waals surface area contributed by atoms with Crippen molar-refractivity contribution in [2.45, 2.75) is 12.8 Å². The molecule has 94 valence electrons. The lowest BCUT2D eigenvalue weighted by molar-refractivity contribution is 0.0948. The third-order valence-corrected chi connectivity index (χ3v) is 2.36. The molecule has 0 saturated carbocycles. The van der Waals surface area contributed by atoms with E-state index in [0.29, 0.717) is 17.9 Å². The fraction of sp³-hybridized carbons (Fsp3) is 0.273. The molecule has 0 aliphatic rings. The van der Waals surface area contributed by atoms with Crippen LogP contribution in [0.15, 0.2) is 24.7 Å². The Balaban J connectivity index is 1.75. The van der Waals surface area contributed by atoms with Crippen LogP contribution in [-0.4, -0.2) is 32.6 Å². The summed E-state index contributed by atoms with van der Waals surface area (Å²) in [6.45, 7) is 0.552. The number of aryl methyl sites for hydroxylation is 1. The first-order valence-corrected chi connectivity index (χ1v) is 5.59. The van der Waals surface area contributed by atoms with Crippen LogP contribution in [0.25, 0.3) is 0 Å². The Morgan fingerprint density at radius 2 is 2.33 bits per heavy atom. The van der Waals surface area contributed by atoms with Crippen molar-refractivity contribution in [3.63, 3.8) is 0 Å². The van der Waals surface area contributed by atoms with E-state index in [-0.39, 0.29) is 5.91 Å². The van der Waals surface area contributed by atoms with E-state index in [1.165, 1.54) is 12.5 Å². The molecule has 0 radical (unpaired) electrons. The quantitative estimate of drug-likeness (QED) is 0.650. The number of nitrogens with one attached hydrogen (secondary N) is 2. The number of hydrogen-bond donors (Lipinski definition) is 3. The van der Waals surface area contributed by atoms with Crippen LogP contribution < -0.4 is 11.1 Å². The van der Waals surface area contributed by atoms with Crippen LogP contribution in [0.4, 0.5) is 5.69 Å². The minimum atomic E-state index is -0.222. The van der Waals surface area contributed by atoms with E-state index >= 15 is 0 Å². The van der Waals surface area contributed by atoms with E-state index in [9.17, 15) is 4.79 Å². The summed E-state index contributed by atoms with van der Waals surface area (Å²) in [5.74, 6) is 0.589. The molecule has 0 spiro atoms. The molecule has 1 amide bonds. The number of nitrogens with two attached hydrogens (primary N) is 1. The van der Waals surface area contributed by atoms with Gasteiger partial charge in [-0.15, -0.1) is 0 Å². The van der Waals surface area contributed by atoms with Crippen LogP contribution in [-0.2, 0) is 6.42 Å². The third-order valence-electron chi connectivity index (χ3n) is 2.36. The first kappa shape index (κ1) is 12.0. The first-order chi connectivity index (χ1) is 8.75. The number of carbonyl (C=O) groups is 1. The molecule has 2 aromatic rings. The highest BCUT2D eigenvalue weighted by atomic mass is 16.1. The van der Waals surface area contributed by atoms with E-state index in [4.69, 9.17) is 5.73 Å². The average molecular weight is 246 g/mol. The zero-order chi connectivity index (χ0) is 12.8. The Labute approximate surface area is 104 Å². The summed E-state index contributed by atoms with van der Waals surface area (Å²) in [6, 6.07) is 3.19. The number of hydrogen-bond acceptors (Lipinski definition) is 5. The third kappa shape index (κ3) is 3.27. The highest BCUT2D eigenvalue weighted by Gasteiger charge is 2.06. The minimum Gasteiger partial charge on any atom is -0.399 e. The normalized spacial score (nSPS) is 10.2. The molecule has 2 rings (SSSR count). The van der Waals surface area contributed by atoms with Crippen LogP contribution in [0.1, 0.15) is 22.7 Å². The number of rotatable bonds is 5. The van der Waals surface area contributed by atoms with Gasteiger partial charge in [0.1, 0.15) is 17.8 Å². The topological polar surface area (TPSA) is 110 Å². The second kappa shape index (κ2) is 5.76. The monoisotopic (exact) mass is 246 g/mol. The number of H-pyrrole nitrogens is 1. The van der Waals surface area contributed by atoms with Gasteiger partial charge in [0.15, 0.2) is 0 Å². The number of amides is 1. The van der Waals surface area contributed by atoms with Crippen molar-refractivity contribution in [3.8, 4) is 0 Å². The van der Waals surface area contributed by atoms with Gasteiger partial charge in [-0.2, -0.15) is 5.10 Å². The number of nitrogen functional groups attached to an aromatic ring is 1. The molecule has 7 heteroatoms. The summed E-state index contributed by atoms with van der Waals surface area (Å²) in [5, 5.41) is 9.28. The van der Waals surface area contributed by atoms with E-state index < -0.39 is 0 Å². The molecule has 0 fully saturated rings. The summed E-state index contributed by atoms with van der Waals surface area (Å²) in [4.78, 5) is 19.6. The average Bonchev–Trinajstić information content (AvgIpc) is 2.87. The molecule has 0 saturated heterocycles. The van der Waals surface area contributed by atoms with Gasteiger partial charge >= 0.3 is 0 Å². The second-order valence-corrected chi connectivity index (χ2v) is 3.77. The second-order valence-electron chi connectivity index (χ2n) is 3.77. The summed E-state index contributed by atoms with van der Waals surface area (Å²) in [6.07, 6.45) is 4.50. The van der Waals surface area contributed by atoms with Crippen LogP contribution in [0, 0.1) is 0 Å². The Morgan fingerprint density at radius 3 is 3.06 bits per heavy atom. The molecule has 18 heavy (non-hydrogen) atoms. The van der Waals surface area contributed by atoms with Gasteiger partial charge in [0.2, 0.25) is 0 Å². The van der Waals surface area contributed by atoms with Crippen molar-refractivity contribution < 1.29 is 4.79 Å². The van der Waals surface area contributed by atoms with E-state index in [1.807, 2.05) is 0 Å². The zero-order valence-corrected chi connectivity index (χ0v) is 9.76. The van der Waals surface area contributed by atoms with E-state index in [2.05, 4.69) is 25.5 Å². The first-order valence-electron chi connectivity index (χ1n) is 5.59. The number of pyridine rings is 1. The van der Waals surface area contributed by atoms with Crippen molar-refractivity contribution in [2.24, 2.45) is 0 Å². The van der Waals surface area contributed by atoms with Crippen LogP contribution >= 0.6 is 0 Å². The fourth-order valence-electron chi connectivity index (χ4n) is 1.47. The van der Waals surface area contributed by atoms with Gasteiger partial charge in [0.05, 0.1) is 0 Å². The molecule has 4 N–H and O–H groups in total. The SMILES string of the molecule is Nc1ccnc(C(=O)NCCCc2ncn[nH]2)c1. The van der Waals surface area contributed by atoms with E-state index in [0.717, 1.165) is 18.7 Å². The van der Waals surface area contributed by atoms with Gasteiger partial charge < -0.3 is 11.1 Å². The summed E-state index contributed by atoms with van der Waals surface area (Å²) in [7, 11) is 0. The van der Waals surface area contributed by atoms with Crippen LogP contribution in [0.5, 0.6) is 0 Å². The maximum atomic E-state index is 11.7. The Kier molecular flexibility index (Phi) is 3.85. The van der Waals surface area contributed by atoms with Crippen molar-refractivity contribution in [3.05, 3.63) is 36.2 Å². The predicted molar refractivity (Wildman–Crippen MR) is 65.7 cm³/mol.